The minimum Gasteiger partial charge on any atom is -0.368 e. The first-order valence-corrected chi connectivity index (χ1v) is 8.89. The maximum atomic E-state index is 10.8. The van der Waals surface area contributed by atoms with Gasteiger partial charge in [0.1, 0.15) is 17.0 Å². The van der Waals surface area contributed by atoms with Crippen LogP contribution in [0.1, 0.15) is 4.88 Å². The highest BCUT2D eigenvalue weighted by molar-refractivity contribution is 7.18. The quantitative estimate of drug-likeness (QED) is 0.530. The van der Waals surface area contributed by atoms with Gasteiger partial charge in [0.2, 0.25) is 0 Å². The summed E-state index contributed by atoms with van der Waals surface area (Å²) in [5, 5.41) is 11.9. The van der Waals surface area contributed by atoms with Gasteiger partial charge in [-0.1, -0.05) is 0 Å². The van der Waals surface area contributed by atoms with Crippen molar-refractivity contribution in [2.45, 2.75) is 6.92 Å². The molecule has 0 spiro atoms. The zero-order valence-corrected chi connectivity index (χ0v) is 14.6. The van der Waals surface area contributed by atoms with Gasteiger partial charge in [0.15, 0.2) is 0 Å². The molecule has 8 heteroatoms. The van der Waals surface area contributed by atoms with Crippen LogP contribution in [0.15, 0.2) is 36.7 Å². The lowest BCUT2D eigenvalue weighted by Crippen LogP contribution is -2.46. The third kappa shape index (κ3) is 3.00. The predicted octanol–water partition coefficient (Wildman–Crippen LogP) is 3.23. The van der Waals surface area contributed by atoms with Crippen LogP contribution in [0.3, 0.4) is 0 Å². The van der Waals surface area contributed by atoms with Crippen molar-refractivity contribution in [3.63, 3.8) is 0 Å². The molecule has 0 bridgehead atoms. The first-order valence-electron chi connectivity index (χ1n) is 8.07. The minimum atomic E-state index is -0.370. The number of hydrogen-bond acceptors (Lipinski definition) is 7. The van der Waals surface area contributed by atoms with Crippen LogP contribution in [0, 0.1) is 17.0 Å². The summed E-state index contributed by atoms with van der Waals surface area (Å²) in [5.41, 5.74) is 1.14. The average molecular weight is 355 g/mol. The van der Waals surface area contributed by atoms with E-state index in [4.69, 9.17) is 0 Å². The third-order valence-electron chi connectivity index (χ3n) is 4.44. The number of non-ortho nitro benzene ring substituents is 1. The molecule has 1 saturated heterocycles. The van der Waals surface area contributed by atoms with Crippen LogP contribution in [0.4, 0.5) is 17.2 Å². The number of piperazine rings is 1. The largest absolute Gasteiger partial charge is 0.368 e. The molecule has 0 aliphatic carbocycles. The summed E-state index contributed by atoms with van der Waals surface area (Å²) in [6.45, 7) is 5.51. The number of aryl methyl sites for hydroxylation is 1. The number of anilines is 2. The molecule has 128 valence electrons. The molecule has 0 saturated carbocycles. The van der Waals surface area contributed by atoms with E-state index in [-0.39, 0.29) is 10.6 Å². The Labute approximate surface area is 148 Å². The predicted molar refractivity (Wildman–Crippen MR) is 99.7 cm³/mol. The monoisotopic (exact) mass is 355 g/mol. The van der Waals surface area contributed by atoms with Gasteiger partial charge in [0.25, 0.3) is 5.69 Å². The van der Waals surface area contributed by atoms with E-state index in [1.165, 1.54) is 4.88 Å². The number of aromatic nitrogens is 2. The number of nitro groups is 1. The summed E-state index contributed by atoms with van der Waals surface area (Å²) in [6.07, 6.45) is 1.64. The van der Waals surface area contributed by atoms with Gasteiger partial charge in [0, 0.05) is 48.9 Å². The Morgan fingerprint density at radius 1 is 1.08 bits per heavy atom. The Bertz CT molecular complexity index is 916. The molecule has 0 N–H and O–H groups in total. The topological polar surface area (TPSA) is 75.4 Å². The zero-order valence-electron chi connectivity index (χ0n) is 13.8. The van der Waals surface area contributed by atoms with E-state index >= 15 is 0 Å². The normalized spacial score (nSPS) is 14.9. The van der Waals surface area contributed by atoms with E-state index in [0.29, 0.717) is 0 Å². The summed E-state index contributed by atoms with van der Waals surface area (Å²) < 4.78 is 0. The van der Waals surface area contributed by atoms with Gasteiger partial charge in [-0.2, -0.15) is 0 Å². The van der Waals surface area contributed by atoms with Gasteiger partial charge < -0.3 is 9.80 Å². The van der Waals surface area contributed by atoms with Gasteiger partial charge in [-0.25, -0.2) is 9.97 Å². The second kappa shape index (κ2) is 6.29. The summed E-state index contributed by atoms with van der Waals surface area (Å²) in [5.74, 6) is 0.998. The van der Waals surface area contributed by atoms with Gasteiger partial charge in [-0.15, -0.1) is 11.3 Å². The molecule has 1 aromatic carbocycles. The van der Waals surface area contributed by atoms with Crippen LogP contribution in [-0.2, 0) is 0 Å². The molecule has 2 aromatic heterocycles. The molecule has 1 aliphatic heterocycles. The lowest BCUT2D eigenvalue weighted by atomic mass is 10.2. The van der Waals surface area contributed by atoms with Crippen LogP contribution >= 0.6 is 11.3 Å². The number of nitrogens with zero attached hydrogens (tertiary/aromatic N) is 5. The fraction of sp³-hybridized carbons (Fsp3) is 0.294. The van der Waals surface area contributed by atoms with Gasteiger partial charge in [0.05, 0.1) is 10.3 Å². The highest BCUT2D eigenvalue weighted by atomic mass is 32.1. The Kier molecular flexibility index (Phi) is 3.96. The maximum absolute atomic E-state index is 10.8. The fourth-order valence-corrected chi connectivity index (χ4v) is 4.02. The first-order chi connectivity index (χ1) is 12.1. The van der Waals surface area contributed by atoms with Crippen molar-refractivity contribution in [1.29, 1.82) is 0 Å². The van der Waals surface area contributed by atoms with Crippen LogP contribution < -0.4 is 9.80 Å². The van der Waals surface area contributed by atoms with Crippen molar-refractivity contribution in [3.8, 4) is 0 Å². The van der Waals surface area contributed by atoms with Crippen molar-refractivity contribution >= 4 is 38.7 Å². The molecule has 3 heterocycles. The molecule has 3 aromatic rings. The lowest BCUT2D eigenvalue weighted by molar-refractivity contribution is -0.384. The van der Waals surface area contributed by atoms with Crippen molar-refractivity contribution in [3.05, 3.63) is 51.7 Å². The Balaban J connectivity index is 1.50. The smallest absolute Gasteiger partial charge is 0.269 e. The van der Waals surface area contributed by atoms with E-state index in [2.05, 4.69) is 32.8 Å². The van der Waals surface area contributed by atoms with E-state index in [9.17, 15) is 10.1 Å². The highest BCUT2D eigenvalue weighted by Crippen LogP contribution is 2.30. The van der Waals surface area contributed by atoms with E-state index < -0.39 is 0 Å². The SMILES string of the molecule is Cc1cc2c(N3CCN(c4ccc([N+](=O)[O-])cc4)CC3)ncnc2s1. The van der Waals surface area contributed by atoms with Gasteiger partial charge in [-0.3, -0.25) is 10.1 Å². The molecule has 25 heavy (non-hydrogen) atoms. The molecule has 0 amide bonds. The van der Waals surface area contributed by atoms with Crippen molar-refractivity contribution in [2.24, 2.45) is 0 Å². The Morgan fingerprint density at radius 2 is 1.76 bits per heavy atom. The highest BCUT2D eigenvalue weighted by Gasteiger charge is 2.21. The molecule has 7 nitrogen and oxygen atoms in total. The third-order valence-corrected chi connectivity index (χ3v) is 5.39. The standard InChI is InChI=1S/C17H17N5O2S/c1-12-10-15-16(18-11-19-17(15)25-12)21-8-6-20(7-9-21)13-2-4-14(5-3-13)22(23)24/h2-5,10-11H,6-9H2,1H3. The van der Waals surface area contributed by atoms with Crippen molar-refractivity contribution < 1.29 is 4.92 Å². The number of fused-ring (bicyclic) bond motifs is 1. The number of rotatable bonds is 3. The van der Waals surface area contributed by atoms with E-state index in [1.54, 1.807) is 29.8 Å². The first kappa shape index (κ1) is 15.8. The van der Waals surface area contributed by atoms with Crippen LogP contribution in [0.2, 0.25) is 0 Å². The van der Waals surface area contributed by atoms with Crippen molar-refractivity contribution in [2.75, 3.05) is 36.0 Å². The number of hydrogen-bond donors (Lipinski definition) is 0. The lowest BCUT2D eigenvalue weighted by Gasteiger charge is -2.36. The average Bonchev–Trinajstić information content (AvgIpc) is 3.02. The molecular formula is C17H17N5O2S. The van der Waals surface area contributed by atoms with Crippen molar-refractivity contribution in [1.82, 2.24) is 9.97 Å². The Hall–Kier alpha value is -2.74. The number of thiophene rings is 1. The van der Waals surface area contributed by atoms with Gasteiger partial charge >= 0.3 is 0 Å². The van der Waals surface area contributed by atoms with Gasteiger partial charge in [-0.05, 0) is 25.1 Å². The summed E-state index contributed by atoms with van der Waals surface area (Å²) in [6, 6.07) is 8.91. The molecule has 1 fully saturated rings. The summed E-state index contributed by atoms with van der Waals surface area (Å²) in [7, 11) is 0. The number of benzene rings is 1. The molecule has 0 atom stereocenters. The molecule has 4 rings (SSSR count). The second-order valence-corrected chi connectivity index (χ2v) is 7.26. The molecule has 0 unspecified atom stereocenters. The molecule has 0 radical (unpaired) electrons. The summed E-state index contributed by atoms with van der Waals surface area (Å²) in [4.78, 5) is 26.1. The van der Waals surface area contributed by atoms with Crippen LogP contribution in [0.5, 0.6) is 0 Å². The van der Waals surface area contributed by atoms with Crippen LogP contribution in [0.25, 0.3) is 10.2 Å². The molecular weight excluding hydrogens is 338 g/mol. The summed E-state index contributed by atoms with van der Waals surface area (Å²) >= 11 is 1.69. The van der Waals surface area contributed by atoms with Crippen LogP contribution in [-0.4, -0.2) is 41.1 Å². The number of nitro benzene ring substituents is 1. The zero-order chi connectivity index (χ0) is 17.4. The van der Waals surface area contributed by atoms with E-state index in [0.717, 1.165) is 47.9 Å². The van der Waals surface area contributed by atoms with E-state index in [1.807, 2.05) is 12.1 Å². The maximum Gasteiger partial charge on any atom is 0.269 e. The fourth-order valence-electron chi connectivity index (χ4n) is 3.18. The Morgan fingerprint density at radius 3 is 2.44 bits per heavy atom. The second-order valence-electron chi connectivity index (χ2n) is 6.02. The minimum absolute atomic E-state index is 0.124. The molecule has 1 aliphatic rings.